The van der Waals surface area contributed by atoms with Crippen molar-refractivity contribution in [2.45, 2.75) is 11.4 Å². The number of halogens is 1. The van der Waals surface area contributed by atoms with E-state index < -0.39 is 14.9 Å². The van der Waals surface area contributed by atoms with E-state index in [0.29, 0.717) is 5.82 Å². The van der Waals surface area contributed by atoms with Crippen LogP contribution in [0.25, 0.3) is 0 Å². The standard InChI is InChI=1S/C10H9ClN4O4S/c11-8-2-1-7(15(16)17)5-9(8)20(18,19)14-6-10-12-3-4-13-10/h1-5,14H,6H2,(H,12,13). The fourth-order valence-electron chi connectivity index (χ4n) is 1.45. The van der Waals surface area contributed by atoms with Crippen LogP contribution in [-0.4, -0.2) is 23.3 Å². The number of nitrogens with one attached hydrogen (secondary N) is 2. The SMILES string of the molecule is O=[N+]([O-])c1ccc(Cl)c(S(=O)(=O)NCc2ncc[nH]2)c1. The average Bonchev–Trinajstić information content (AvgIpc) is 2.89. The van der Waals surface area contributed by atoms with Gasteiger partial charge in [-0.25, -0.2) is 18.1 Å². The van der Waals surface area contributed by atoms with E-state index in [1.807, 2.05) is 0 Å². The van der Waals surface area contributed by atoms with Crippen molar-refractivity contribution in [1.82, 2.24) is 14.7 Å². The molecule has 0 unspecified atom stereocenters. The van der Waals surface area contributed by atoms with Crippen LogP contribution in [0, 0.1) is 10.1 Å². The maximum atomic E-state index is 12.1. The molecule has 2 rings (SSSR count). The van der Waals surface area contributed by atoms with Crippen molar-refractivity contribution in [2.75, 3.05) is 0 Å². The van der Waals surface area contributed by atoms with Gasteiger partial charge in [-0.15, -0.1) is 0 Å². The van der Waals surface area contributed by atoms with E-state index in [-0.39, 0.29) is 22.2 Å². The molecule has 10 heteroatoms. The first-order valence-corrected chi connectivity index (χ1v) is 7.18. The predicted octanol–water partition coefficient (Wildman–Crippen LogP) is 1.45. The van der Waals surface area contributed by atoms with Gasteiger partial charge in [-0.1, -0.05) is 11.6 Å². The maximum Gasteiger partial charge on any atom is 0.270 e. The number of sulfonamides is 1. The van der Waals surface area contributed by atoms with Crippen LogP contribution in [-0.2, 0) is 16.6 Å². The van der Waals surface area contributed by atoms with Crippen LogP contribution >= 0.6 is 11.6 Å². The monoisotopic (exact) mass is 316 g/mol. The summed E-state index contributed by atoms with van der Waals surface area (Å²) in [6, 6.07) is 3.21. The highest BCUT2D eigenvalue weighted by molar-refractivity contribution is 7.89. The van der Waals surface area contributed by atoms with Crippen LogP contribution < -0.4 is 4.72 Å². The Morgan fingerprint density at radius 2 is 2.20 bits per heavy atom. The Hall–Kier alpha value is -1.97. The van der Waals surface area contributed by atoms with Gasteiger partial charge in [-0.2, -0.15) is 0 Å². The van der Waals surface area contributed by atoms with Gasteiger partial charge in [-0.3, -0.25) is 10.1 Å². The largest absolute Gasteiger partial charge is 0.347 e. The normalized spacial score (nSPS) is 11.4. The Labute approximate surface area is 119 Å². The molecule has 0 aliphatic rings. The van der Waals surface area contributed by atoms with Gasteiger partial charge in [0.15, 0.2) is 0 Å². The molecule has 0 aliphatic heterocycles. The number of non-ortho nitro benzene ring substituents is 1. The summed E-state index contributed by atoms with van der Waals surface area (Å²) in [6.07, 6.45) is 3.02. The molecule has 0 bridgehead atoms. The van der Waals surface area contributed by atoms with Gasteiger partial charge in [0.1, 0.15) is 10.7 Å². The number of nitrogens with zero attached hydrogens (tertiary/aromatic N) is 2. The third-order valence-corrected chi connectivity index (χ3v) is 4.28. The molecule has 0 saturated heterocycles. The molecule has 106 valence electrons. The molecule has 2 aromatic rings. The second-order valence-corrected chi connectivity index (χ2v) is 5.87. The first kappa shape index (κ1) is 14.4. The van der Waals surface area contributed by atoms with E-state index in [4.69, 9.17) is 11.6 Å². The fraction of sp³-hybridized carbons (Fsp3) is 0.100. The topological polar surface area (TPSA) is 118 Å². The maximum absolute atomic E-state index is 12.1. The van der Waals surface area contributed by atoms with Gasteiger partial charge < -0.3 is 4.98 Å². The minimum atomic E-state index is -3.97. The highest BCUT2D eigenvalue weighted by Crippen LogP contribution is 2.26. The van der Waals surface area contributed by atoms with Gasteiger partial charge in [0.25, 0.3) is 5.69 Å². The molecule has 1 aromatic heterocycles. The Bertz CT molecular complexity index is 730. The second-order valence-electron chi connectivity index (χ2n) is 3.73. The van der Waals surface area contributed by atoms with Crippen molar-refractivity contribution < 1.29 is 13.3 Å². The minimum absolute atomic E-state index is 0.0750. The number of aromatic nitrogens is 2. The lowest BCUT2D eigenvalue weighted by Gasteiger charge is -2.07. The van der Waals surface area contributed by atoms with Crippen molar-refractivity contribution >= 4 is 27.3 Å². The van der Waals surface area contributed by atoms with Crippen molar-refractivity contribution in [2.24, 2.45) is 0 Å². The van der Waals surface area contributed by atoms with Gasteiger partial charge in [-0.05, 0) is 6.07 Å². The smallest absolute Gasteiger partial charge is 0.270 e. The van der Waals surface area contributed by atoms with E-state index in [2.05, 4.69) is 14.7 Å². The van der Waals surface area contributed by atoms with E-state index in [1.54, 1.807) is 6.20 Å². The third kappa shape index (κ3) is 3.13. The molecule has 0 aliphatic carbocycles. The number of nitro benzene ring substituents is 1. The summed E-state index contributed by atoms with van der Waals surface area (Å²) in [4.78, 5) is 16.2. The highest BCUT2D eigenvalue weighted by atomic mass is 35.5. The summed E-state index contributed by atoms with van der Waals surface area (Å²) >= 11 is 5.78. The van der Waals surface area contributed by atoms with E-state index in [1.165, 1.54) is 12.3 Å². The number of rotatable bonds is 5. The lowest BCUT2D eigenvalue weighted by molar-refractivity contribution is -0.385. The number of benzene rings is 1. The van der Waals surface area contributed by atoms with Gasteiger partial charge in [0.2, 0.25) is 10.0 Å². The highest BCUT2D eigenvalue weighted by Gasteiger charge is 2.21. The summed E-state index contributed by atoms with van der Waals surface area (Å²) in [5, 5.41) is 10.6. The Morgan fingerprint density at radius 3 is 2.80 bits per heavy atom. The van der Waals surface area contributed by atoms with Crippen LogP contribution in [0.4, 0.5) is 5.69 Å². The van der Waals surface area contributed by atoms with E-state index >= 15 is 0 Å². The predicted molar refractivity (Wildman–Crippen MR) is 70.7 cm³/mol. The lowest BCUT2D eigenvalue weighted by Crippen LogP contribution is -2.24. The molecule has 1 aromatic carbocycles. The fourth-order valence-corrected chi connectivity index (χ4v) is 2.95. The van der Waals surface area contributed by atoms with Crippen molar-refractivity contribution in [3.05, 3.63) is 51.6 Å². The summed E-state index contributed by atoms with van der Waals surface area (Å²) < 4.78 is 26.4. The van der Waals surface area contributed by atoms with E-state index in [0.717, 1.165) is 12.1 Å². The van der Waals surface area contributed by atoms with Gasteiger partial charge >= 0.3 is 0 Å². The minimum Gasteiger partial charge on any atom is -0.347 e. The van der Waals surface area contributed by atoms with Gasteiger partial charge in [0.05, 0.1) is 16.5 Å². The zero-order valence-electron chi connectivity index (χ0n) is 9.91. The molecule has 0 amide bonds. The summed E-state index contributed by atoms with van der Waals surface area (Å²) in [5.74, 6) is 0.412. The summed E-state index contributed by atoms with van der Waals surface area (Å²) in [6.45, 7) is -0.0750. The van der Waals surface area contributed by atoms with E-state index in [9.17, 15) is 18.5 Å². The quantitative estimate of drug-likeness (QED) is 0.639. The first-order valence-electron chi connectivity index (χ1n) is 5.32. The Balaban J connectivity index is 2.28. The zero-order chi connectivity index (χ0) is 14.8. The lowest BCUT2D eigenvalue weighted by atomic mass is 10.3. The average molecular weight is 317 g/mol. The molecule has 0 atom stereocenters. The molecule has 0 saturated carbocycles. The molecule has 0 radical (unpaired) electrons. The molecule has 8 nitrogen and oxygen atoms in total. The zero-order valence-corrected chi connectivity index (χ0v) is 11.5. The third-order valence-electron chi connectivity index (χ3n) is 2.40. The molecule has 0 fully saturated rings. The number of hydrogen-bond acceptors (Lipinski definition) is 5. The molecule has 0 spiro atoms. The summed E-state index contributed by atoms with van der Waals surface area (Å²) in [5.41, 5.74) is -0.354. The van der Waals surface area contributed by atoms with Crippen LogP contribution in [0.5, 0.6) is 0 Å². The summed E-state index contributed by atoms with van der Waals surface area (Å²) in [7, 11) is -3.97. The number of hydrogen-bond donors (Lipinski definition) is 2. The van der Waals surface area contributed by atoms with Crippen LogP contribution in [0.1, 0.15) is 5.82 Å². The number of aromatic amines is 1. The number of H-pyrrole nitrogens is 1. The molecular weight excluding hydrogens is 308 g/mol. The number of nitro groups is 1. The van der Waals surface area contributed by atoms with Gasteiger partial charge in [0, 0.05) is 24.5 Å². The van der Waals surface area contributed by atoms with Crippen molar-refractivity contribution in [3.8, 4) is 0 Å². The second kappa shape index (κ2) is 5.57. The first-order chi connectivity index (χ1) is 9.40. The van der Waals surface area contributed by atoms with Crippen LogP contribution in [0.3, 0.4) is 0 Å². The van der Waals surface area contributed by atoms with Crippen molar-refractivity contribution in [1.29, 1.82) is 0 Å². The molecule has 1 heterocycles. The molecule has 20 heavy (non-hydrogen) atoms. The molecule has 2 N–H and O–H groups in total. The Kier molecular flexibility index (Phi) is 4.02. The van der Waals surface area contributed by atoms with Crippen LogP contribution in [0.15, 0.2) is 35.5 Å². The van der Waals surface area contributed by atoms with Crippen molar-refractivity contribution in [3.63, 3.8) is 0 Å². The Morgan fingerprint density at radius 1 is 1.45 bits per heavy atom. The van der Waals surface area contributed by atoms with Crippen LogP contribution in [0.2, 0.25) is 5.02 Å². The molecular formula is C10H9ClN4O4S. The number of imidazole rings is 1.